The molecule has 1 aromatic heterocycles. The summed E-state index contributed by atoms with van der Waals surface area (Å²) in [4.78, 5) is 28.3. The first kappa shape index (κ1) is 11.3. The van der Waals surface area contributed by atoms with Gasteiger partial charge in [0, 0.05) is 25.4 Å². The van der Waals surface area contributed by atoms with Crippen molar-refractivity contribution in [2.45, 2.75) is 6.42 Å². The first-order chi connectivity index (χ1) is 7.59. The van der Waals surface area contributed by atoms with Gasteiger partial charge in [-0.1, -0.05) is 0 Å². The average molecular weight is 331 g/mol. The molecular weight excluding hydrogens is 321 g/mol. The van der Waals surface area contributed by atoms with Crippen LogP contribution in [0.5, 0.6) is 0 Å². The Morgan fingerprint density at radius 2 is 2.38 bits per heavy atom. The van der Waals surface area contributed by atoms with E-state index in [0.717, 1.165) is 9.26 Å². The van der Waals surface area contributed by atoms with Gasteiger partial charge in [-0.25, -0.2) is 0 Å². The van der Waals surface area contributed by atoms with Gasteiger partial charge < -0.3 is 10.6 Å². The number of halogens is 1. The van der Waals surface area contributed by atoms with Crippen LogP contribution in [0.3, 0.4) is 0 Å². The maximum Gasteiger partial charge on any atom is 0.227 e. The molecule has 6 heteroatoms. The molecule has 1 aromatic rings. The van der Waals surface area contributed by atoms with Gasteiger partial charge in [0.2, 0.25) is 11.8 Å². The van der Waals surface area contributed by atoms with E-state index in [1.807, 2.05) is 0 Å². The van der Waals surface area contributed by atoms with Gasteiger partial charge in [0.15, 0.2) is 0 Å². The van der Waals surface area contributed by atoms with Crippen molar-refractivity contribution in [3.8, 4) is 0 Å². The lowest BCUT2D eigenvalue weighted by Gasteiger charge is -2.17. The molecule has 2 rings (SSSR count). The second kappa shape index (κ2) is 4.36. The summed E-state index contributed by atoms with van der Waals surface area (Å²) in [7, 11) is 0. The second-order valence-corrected chi connectivity index (χ2v) is 4.80. The molecule has 2 amide bonds. The molecule has 1 unspecified atom stereocenters. The summed E-state index contributed by atoms with van der Waals surface area (Å²) >= 11 is 2.11. The van der Waals surface area contributed by atoms with Crippen molar-refractivity contribution < 1.29 is 9.59 Å². The Morgan fingerprint density at radius 1 is 1.62 bits per heavy atom. The minimum Gasteiger partial charge on any atom is -0.369 e. The predicted octanol–water partition coefficient (Wildman–Crippen LogP) is 0.524. The summed E-state index contributed by atoms with van der Waals surface area (Å²) in [6, 6.07) is 1.77. The molecule has 0 aliphatic carbocycles. The summed E-state index contributed by atoms with van der Waals surface area (Å²) in [5.41, 5.74) is 6.00. The Morgan fingerprint density at radius 3 is 2.94 bits per heavy atom. The van der Waals surface area contributed by atoms with E-state index >= 15 is 0 Å². The number of rotatable bonds is 2. The number of aromatic nitrogens is 1. The third-order valence-electron chi connectivity index (χ3n) is 2.57. The Kier molecular flexibility index (Phi) is 3.08. The van der Waals surface area contributed by atoms with Crippen LogP contribution in [0, 0.1) is 9.49 Å². The van der Waals surface area contributed by atoms with Crippen molar-refractivity contribution in [3.05, 3.63) is 22.0 Å². The largest absolute Gasteiger partial charge is 0.369 e. The summed E-state index contributed by atoms with van der Waals surface area (Å²) in [6.45, 7) is 0.369. The number of nitrogens with zero attached hydrogens (tertiary/aromatic N) is 2. The van der Waals surface area contributed by atoms with Crippen LogP contribution in [0.25, 0.3) is 0 Å². The third kappa shape index (κ3) is 2.01. The van der Waals surface area contributed by atoms with Crippen LogP contribution in [-0.2, 0) is 9.59 Å². The zero-order valence-corrected chi connectivity index (χ0v) is 10.5. The van der Waals surface area contributed by atoms with Gasteiger partial charge in [0.1, 0.15) is 0 Å². The summed E-state index contributed by atoms with van der Waals surface area (Å²) in [6.07, 6.45) is 3.51. The van der Waals surface area contributed by atoms with Gasteiger partial charge in [0.05, 0.1) is 15.2 Å². The quantitative estimate of drug-likeness (QED) is 0.803. The number of amides is 2. The number of primary amides is 1. The molecule has 5 nitrogen and oxygen atoms in total. The maximum atomic E-state index is 11.7. The summed E-state index contributed by atoms with van der Waals surface area (Å²) < 4.78 is 0.888. The molecule has 1 aliphatic heterocycles. The lowest BCUT2D eigenvalue weighted by atomic mass is 10.1. The lowest BCUT2D eigenvalue weighted by Crippen LogP contribution is -2.28. The molecule has 0 bridgehead atoms. The summed E-state index contributed by atoms with van der Waals surface area (Å²) in [5.74, 6) is -0.857. The second-order valence-electron chi connectivity index (χ2n) is 3.63. The standard InChI is InChI=1S/C10H10IN3O2/c11-7-4-13-2-1-8(7)14-5-6(10(12)16)3-9(14)15/h1-2,4,6H,3,5H2,(H2,12,16). The van der Waals surface area contributed by atoms with Gasteiger partial charge in [0.25, 0.3) is 0 Å². The van der Waals surface area contributed by atoms with E-state index in [0.29, 0.717) is 6.54 Å². The highest BCUT2D eigenvalue weighted by molar-refractivity contribution is 14.1. The van der Waals surface area contributed by atoms with Crippen molar-refractivity contribution in [1.29, 1.82) is 0 Å². The Labute approximate surface area is 106 Å². The monoisotopic (exact) mass is 331 g/mol. The number of nitrogens with two attached hydrogens (primary N) is 1. The number of hydrogen-bond acceptors (Lipinski definition) is 3. The van der Waals surface area contributed by atoms with Gasteiger partial charge >= 0.3 is 0 Å². The fraction of sp³-hybridized carbons (Fsp3) is 0.300. The lowest BCUT2D eigenvalue weighted by molar-refractivity contribution is -0.123. The van der Waals surface area contributed by atoms with Crippen molar-refractivity contribution in [2.75, 3.05) is 11.4 Å². The third-order valence-corrected chi connectivity index (χ3v) is 3.40. The van der Waals surface area contributed by atoms with Crippen LogP contribution in [-0.4, -0.2) is 23.3 Å². The molecule has 84 valence electrons. The van der Waals surface area contributed by atoms with E-state index in [1.165, 1.54) is 0 Å². The topological polar surface area (TPSA) is 76.3 Å². The van der Waals surface area contributed by atoms with Crippen LogP contribution >= 0.6 is 22.6 Å². The minimum absolute atomic E-state index is 0.0621. The molecule has 1 atom stereocenters. The molecule has 1 fully saturated rings. The zero-order valence-electron chi connectivity index (χ0n) is 8.39. The highest BCUT2D eigenvalue weighted by atomic mass is 127. The molecule has 0 saturated carbocycles. The molecular formula is C10H10IN3O2. The van der Waals surface area contributed by atoms with Crippen LogP contribution in [0.4, 0.5) is 5.69 Å². The van der Waals surface area contributed by atoms with E-state index in [9.17, 15) is 9.59 Å². The van der Waals surface area contributed by atoms with E-state index in [2.05, 4.69) is 27.6 Å². The zero-order chi connectivity index (χ0) is 11.7. The van der Waals surface area contributed by atoms with Crippen LogP contribution in [0.15, 0.2) is 18.5 Å². The van der Waals surface area contributed by atoms with Gasteiger partial charge in [-0.3, -0.25) is 14.6 Å². The van der Waals surface area contributed by atoms with E-state index in [4.69, 9.17) is 5.73 Å². The molecule has 0 aromatic carbocycles. The molecule has 2 N–H and O–H groups in total. The van der Waals surface area contributed by atoms with Crippen LogP contribution < -0.4 is 10.6 Å². The summed E-state index contributed by atoms with van der Waals surface area (Å²) in [5, 5.41) is 0. The number of anilines is 1. The van der Waals surface area contributed by atoms with E-state index in [1.54, 1.807) is 23.4 Å². The Balaban J connectivity index is 2.27. The van der Waals surface area contributed by atoms with E-state index < -0.39 is 5.91 Å². The number of carbonyl (C=O) groups is 2. The molecule has 1 aliphatic rings. The predicted molar refractivity (Wildman–Crippen MR) is 66.6 cm³/mol. The molecule has 1 saturated heterocycles. The fourth-order valence-electron chi connectivity index (χ4n) is 1.72. The Hall–Kier alpha value is -1.18. The van der Waals surface area contributed by atoms with Crippen molar-refractivity contribution >= 4 is 40.1 Å². The normalized spacial score (nSPS) is 20.2. The van der Waals surface area contributed by atoms with Crippen LogP contribution in [0.1, 0.15) is 6.42 Å². The maximum absolute atomic E-state index is 11.7. The fourth-order valence-corrected chi connectivity index (χ4v) is 2.35. The van der Waals surface area contributed by atoms with Gasteiger partial charge in [-0.05, 0) is 28.7 Å². The average Bonchev–Trinajstić information content (AvgIpc) is 2.61. The first-order valence-electron chi connectivity index (χ1n) is 4.79. The molecule has 0 radical (unpaired) electrons. The van der Waals surface area contributed by atoms with E-state index in [-0.39, 0.29) is 18.2 Å². The van der Waals surface area contributed by atoms with Crippen LogP contribution in [0.2, 0.25) is 0 Å². The number of hydrogen-bond donors (Lipinski definition) is 1. The highest BCUT2D eigenvalue weighted by Gasteiger charge is 2.34. The number of carbonyl (C=O) groups excluding carboxylic acids is 2. The number of pyridine rings is 1. The van der Waals surface area contributed by atoms with Gasteiger partial charge in [-0.15, -0.1) is 0 Å². The Bertz CT molecular complexity index is 449. The highest BCUT2D eigenvalue weighted by Crippen LogP contribution is 2.28. The van der Waals surface area contributed by atoms with Crippen molar-refractivity contribution in [1.82, 2.24) is 4.98 Å². The SMILES string of the molecule is NC(=O)C1CC(=O)N(c2ccncc2I)C1. The van der Waals surface area contributed by atoms with Gasteiger partial charge in [-0.2, -0.15) is 0 Å². The van der Waals surface area contributed by atoms with Crippen molar-refractivity contribution in [2.24, 2.45) is 11.7 Å². The molecule has 0 spiro atoms. The molecule has 2 heterocycles. The van der Waals surface area contributed by atoms with Crippen molar-refractivity contribution in [3.63, 3.8) is 0 Å². The first-order valence-corrected chi connectivity index (χ1v) is 5.86. The molecule has 16 heavy (non-hydrogen) atoms. The minimum atomic E-state index is -0.417. The smallest absolute Gasteiger partial charge is 0.227 e.